The van der Waals surface area contributed by atoms with E-state index in [1.54, 1.807) is 0 Å². The summed E-state index contributed by atoms with van der Waals surface area (Å²) in [4.78, 5) is 14.3. The van der Waals surface area contributed by atoms with Gasteiger partial charge in [0.15, 0.2) is 0 Å². The molecule has 0 aromatic carbocycles. The van der Waals surface area contributed by atoms with Crippen LogP contribution in [0.1, 0.15) is 44.5 Å². The Labute approximate surface area is 143 Å². The highest BCUT2D eigenvalue weighted by molar-refractivity contribution is 7.89. The Kier molecular flexibility index (Phi) is 4.96. The van der Waals surface area contributed by atoms with Gasteiger partial charge in [0.2, 0.25) is 15.9 Å². The van der Waals surface area contributed by atoms with Gasteiger partial charge in [-0.2, -0.15) is 5.10 Å². The van der Waals surface area contributed by atoms with Gasteiger partial charge in [0.25, 0.3) is 0 Å². The Morgan fingerprint density at radius 3 is 2.75 bits per heavy atom. The molecular formula is C16H26N4O3S. The maximum absolute atomic E-state index is 12.4. The second kappa shape index (κ2) is 6.84. The second-order valence-corrected chi connectivity index (χ2v) is 9.09. The fourth-order valence-electron chi connectivity index (χ4n) is 3.20. The zero-order valence-corrected chi connectivity index (χ0v) is 15.2. The van der Waals surface area contributed by atoms with E-state index in [2.05, 4.69) is 9.82 Å². The molecule has 3 rings (SSSR count). The minimum atomic E-state index is -3.28. The average Bonchev–Trinajstić information content (AvgIpc) is 2.84. The molecule has 1 saturated carbocycles. The Balaban J connectivity index is 1.60. The minimum absolute atomic E-state index is 0.0868. The first kappa shape index (κ1) is 17.4. The molecule has 2 aliphatic rings. The van der Waals surface area contributed by atoms with Crippen LogP contribution in [0.5, 0.6) is 0 Å². The van der Waals surface area contributed by atoms with E-state index < -0.39 is 10.0 Å². The largest absolute Gasteiger partial charge is 0.335 e. The summed E-state index contributed by atoms with van der Waals surface area (Å²) in [6.07, 6.45) is 3.18. The molecule has 0 unspecified atom stereocenters. The van der Waals surface area contributed by atoms with Gasteiger partial charge >= 0.3 is 0 Å². The fraction of sp³-hybridized carbons (Fsp3) is 0.750. The molecule has 1 aromatic heterocycles. The normalized spacial score (nSPS) is 18.5. The maximum atomic E-state index is 12.4. The van der Waals surface area contributed by atoms with E-state index in [9.17, 15) is 13.2 Å². The van der Waals surface area contributed by atoms with Gasteiger partial charge in [0, 0.05) is 12.5 Å². The molecule has 134 valence electrons. The van der Waals surface area contributed by atoms with Crippen LogP contribution in [0.4, 0.5) is 0 Å². The summed E-state index contributed by atoms with van der Waals surface area (Å²) >= 11 is 0. The van der Waals surface area contributed by atoms with E-state index in [4.69, 9.17) is 0 Å². The van der Waals surface area contributed by atoms with Crippen molar-refractivity contribution >= 4 is 15.9 Å². The lowest BCUT2D eigenvalue weighted by atomic mass is 9.84. The molecule has 1 aromatic rings. The summed E-state index contributed by atoms with van der Waals surface area (Å²) in [5.74, 6) is 0.669. The number of hydrogen-bond donors (Lipinski definition) is 1. The molecule has 0 bridgehead atoms. The number of fused-ring (bicyclic) bond motifs is 1. The number of sulfonamides is 1. The number of carbonyl (C=O) groups is 1. The number of aromatic nitrogens is 2. The van der Waals surface area contributed by atoms with Crippen LogP contribution in [0.2, 0.25) is 0 Å². The molecule has 1 amide bonds. The van der Waals surface area contributed by atoms with Crippen LogP contribution in [0.3, 0.4) is 0 Å². The summed E-state index contributed by atoms with van der Waals surface area (Å²) in [6, 6.07) is 1.90. The van der Waals surface area contributed by atoms with E-state index >= 15 is 0 Å². The van der Waals surface area contributed by atoms with Gasteiger partial charge in [-0.1, -0.05) is 20.3 Å². The van der Waals surface area contributed by atoms with E-state index in [0.29, 0.717) is 25.3 Å². The van der Waals surface area contributed by atoms with Gasteiger partial charge < -0.3 is 4.90 Å². The molecule has 1 aliphatic carbocycles. The highest BCUT2D eigenvalue weighted by atomic mass is 32.2. The fourth-order valence-corrected chi connectivity index (χ4v) is 4.56. The molecule has 0 saturated heterocycles. The number of carbonyl (C=O) groups excluding carboxylic acids is 1. The topological polar surface area (TPSA) is 84.3 Å². The van der Waals surface area contributed by atoms with Crippen LogP contribution in [-0.4, -0.2) is 41.3 Å². The molecule has 1 fully saturated rings. The summed E-state index contributed by atoms with van der Waals surface area (Å²) in [7, 11) is -3.28. The molecule has 1 N–H and O–H groups in total. The quantitative estimate of drug-likeness (QED) is 0.829. The van der Waals surface area contributed by atoms with Gasteiger partial charge in [-0.05, 0) is 24.8 Å². The summed E-state index contributed by atoms with van der Waals surface area (Å²) in [5, 5.41) is 4.46. The lowest BCUT2D eigenvalue weighted by Gasteiger charge is -2.34. The third-order valence-electron chi connectivity index (χ3n) is 4.64. The van der Waals surface area contributed by atoms with Crippen molar-refractivity contribution in [2.75, 3.05) is 12.3 Å². The van der Waals surface area contributed by atoms with Crippen LogP contribution < -0.4 is 4.72 Å². The molecule has 24 heavy (non-hydrogen) atoms. The molecule has 7 nitrogen and oxygen atoms in total. The smallest absolute Gasteiger partial charge is 0.226 e. The van der Waals surface area contributed by atoms with Crippen LogP contribution in [0.15, 0.2) is 6.07 Å². The Morgan fingerprint density at radius 1 is 1.38 bits per heavy atom. The average molecular weight is 354 g/mol. The number of hydrogen-bond acceptors (Lipinski definition) is 4. The molecule has 0 spiro atoms. The highest BCUT2D eigenvalue weighted by Crippen LogP contribution is 2.29. The number of rotatable bonds is 6. The van der Waals surface area contributed by atoms with Crippen molar-refractivity contribution < 1.29 is 13.2 Å². The minimum Gasteiger partial charge on any atom is -0.335 e. The molecule has 8 heteroatoms. The third-order valence-corrected chi connectivity index (χ3v) is 6.33. The SMILES string of the molecule is CC(C)CS(=O)(=O)NCc1cc2n(n1)CCN(C(=O)C1CCC1)C2. The first-order valence-electron chi connectivity index (χ1n) is 8.66. The summed E-state index contributed by atoms with van der Waals surface area (Å²) in [6.45, 7) is 5.88. The predicted molar refractivity (Wildman–Crippen MR) is 90.4 cm³/mol. The van der Waals surface area contributed by atoms with Crippen molar-refractivity contribution in [2.45, 2.75) is 52.7 Å². The molecule has 0 atom stereocenters. The zero-order valence-electron chi connectivity index (χ0n) is 14.4. The Bertz CT molecular complexity index is 707. The highest BCUT2D eigenvalue weighted by Gasteiger charge is 2.31. The van der Waals surface area contributed by atoms with Gasteiger partial charge in [0.05, 0.1) is 36.8 Å². The van der Waals surface area contributed by atoms with Gasteiger partial charge in [0.1, 0.15) is 0 Å². The second-order valence-electron chi connectivity index (χ2n) is 7.23. The van der Waals surface area contributed by atoms with Crippen molar-refractivity contribution in [2.24, 2.45) is 11.8 Å². The molecule has 0 radical (unpaired) electrons. The molecular weight excluding hydrogens is 328 g/mol. The van der Waals surface area contributed by atoms with Crippen LogP contribution in [-0.2, 0) is 34.5 Å². The van der Waals surface area contributed by atoms with Crippen LogP contribution >= 0.6 is 0 Å². The third kappa shape index (κ3) is 3.97. The molecule has 2 heterocycles. The van der Waals surface area contributed by atoms with E-state index in [1.807, 2.05) is 29.5 Å². The number of nitrogens with one attached hydrogen (secondary N) is 1. The first-order valence-corrected chi connectivity index (χ1v) is 10.3. The van der Waals surface area contributed by atoms with Crippen molar-refractivity contribution in [3.63, 3.8) is 0 Å². The standard InChI is InChI=1S/C16H26N4O3S/c1-12(2)11-24(22,23)17-9-14-8-15-10-19(6-7-20(15)18-14)16(21)13-4-3-5-13/h8,12-13,17H,3-7,9-11H2,1-2H3. The lowest BCUT2D eigenvalue weighted by molar-refractivity contribution is -0.139. The van der Waals surface area contributed by atoms with Gasteiger partial charge in [-0.3, -0.25) is 9.48 Å². The van der Waals surface area contributed by atoms with Crippen molar-refractivity contribution in [3.05, 3.63) is 17.5 Å². The monoisotopic (exact) mass is 354 g/mol. The maximum Gasteiger partial charge on any atom is 0.226 e. The van der Waals surface area contributed by atoms with Gasteiger partial charge in [-0.15, -0.1) is 0 Å². The van der Waals surface area contributed by atoms with E-state index in [-0.39, 0.29) is 30.0 Å². The molecule has 1 aliphatic heterocycles. The van der Waals surface area contributed by atoms with E-state index in [0.717, 1.165) is 25.0 Å². The van der Waals surface area contributed by atoms with E-state index in [1.165, 1.54) is 0 Å². The van der Waals surface area contributed by atoms with Crippen LogP contribution in [0.25, 0.3) is 0 Å². The van der Waals surface area contributed by atoms with Gasteiger partial charge in [-0.25, -0.2) is 13.1 Å². The van der Waals surface area contributed by atoms with Crippen molar-refractivity contribution in [3.8, 4) is 0 Å². The zero-order chi connectivity index (χ0) is 17.3. The number of nitrogens with zero attached hydrogens (tertiary/aromatic N) is 3. The summed E-state index contributed by atoms with van der Waals surface area (Å²) in [5.41, 5.74) is 1.68. The number of amides is 1. The van der Waals surface area contributed by atoms with Crippen molar-refractivity contribution in [1.82, 2.24) is 19.4 Å². The predicted octanol–water partition coefficient (Wildman–Crippen LogP) is 1.10. The lowest BCUT2D eigenvalue weighted by Crippen LogP contribution is -2.43. The Hall–Kier alpha value is -1.41. The van der Waals surface area contributed by atoms with Crippen molar-refractivity contribution in [1.29, 1.82) is 0 Å². The summed E-state index contributed by atoms with van der Waals surface area (Å²) < 4.78 is 28.3. The first-order chi connectivity index (χ1) is 11.3. The van der Waals surface area contributed by atoms with Crippen LogP contribution in [0, 0.1) is 11.8 Å². The Morgan fingerprint density at radius 2 is 2.12 bits per heavy atom.